The molecule has 16 heavy (non-hydrogen) atoms. The smallest absolute Gasteiger partial charge is 0.167 e. The summed E-state index contributed by atoms with van der Waals surface area (Å²) in [4.78, 5) is 0. The molecule has 0 amide bonds. The molecule has 0 spiro atoms. The van der Waals surface area contributed by atoms with Crippen LogP contribution in [0.15, 0.2) is 54.9 Å². The first-order chi connectivity index (χ1) is 7.81. The number of hydrogen-bond donors (Lipinski definition) is 0. The molecule has 1 aromatic heterocycles. The normalized spacial score (nSPS) is 12.4. The van der Waals surface area contributed by atoms with Crippen LogP contribution in [0.1, 0.15) is 31.7 Å². The van der Waals surface area contributed by atoms with Gasteiger partial charge >= 0.3 is 0 Å². The van der Waals surface area contributed by atoms with Gasteiger partial charge in [-0.25, -0.2) is 0 Å². The second-order valence-electron chi connectivity index (χ2n) is 4.18. The Morgan fingerprint density at radius 1 is 1.00 bits per heavy atom. The second-order valence-corrected chi connectivity index (χ2v) is 4.18. The molecular weight excluding hydrogens is 194 g/mol. The summed E-state index contributed by atoms with van der Waals surface area (Å²) in [7, 11) is 0. The molecule has 0 aliphatic heterocycles. The quantitative estimate of drug-likeness (QED) is 0.686. The lowest BCUT2D eigenvalue weighted by Crippen LogP contribution is -2.29. The third-order valence-electron chi connectivity index (χ3n) is 3.09. The molecule has 1 atom stereocenters. The summed E-state index contributed by atoms with van der Waals surface area (Å²) in [5.74, 6) is 0.644. The van der Waals surface area contributed by atoms with E-state index in [4.69, 9.17) is 0 Å². The molecule has 0 radical (unpaired) electrons. The zero-order valence-corrected chi connectivity index (χ0v) is 9.93. The Morgan fingerprint density at radius 2 is 1.62 bits per heavy atom. The first-order valence-electron chi connectivity index (χ1n) is 5.88. The van der Waals surface area contributed by atoms with Crippen LogP contribution in [0.5, 0.6) is 0 Å². The van der Waals surface area contributed by atoms with Crippen LogP contribution in [0.4, 0.5) is 0 Å². The highest BCUT2D eigenvalue weighted by atomic mass is 14.9. The molecule has 0 fully saturated rings. The fourth-order valence-corrected chi connectivity index (χ4v) is 1.77. The molecule has 0 N–H and O–H groups in total. The van der Waals surface area contributed by atoms with Gasteiger partial charge in [0.15, 0.2) is 12.4 Å². The minimum Gasteiger partial charge on any atom is -0.167 e. The predicted molar refractivity (Wildman–Crippen MR) is 66.7 cm³/mol. The molecule has 0 aliphatic carbocycles. The van der Waals surface area contributed by atoms with Gasteiger partial charge in [0.2, 0.25) is 5.69 Å². The maximum Gasteiger partial charge on any atom is 0.210 e. The van der Waals surface area contributed by atoms with Crippen molar-refractivity contribution in [1.29, 1.82) is 0 Å². The van der Waals surface area contributed by atoms with Gasteiger partial charge in [0.05, 0.1) is 0 Å². The summed E-state index contributed by atoms with van der Waals surface area (Å²) in [6, 6.07) is 14.8. The van der Waals surface area contributed by atoms with Crippen LogP contribution < -0.4 is 4.57 Å². The van der Waals surface area contributed by atoms with Crippen molar-refractivity contribution in [2.24, 2.45) is 0 Å². The van der Waals surface area contributed by atoms with Crippen molar-refractivity contribution in [2.75, 3.05) is 0 Å². The zero-order valence-electron chi connectivity index (χ0n) is 9.93. The summed E-state index contributed by atoms with van der Waals surface area (Å²) in [6.45, 7) is 4.49. The number of para-hydroxylation sites is 1. The van der Waals surface area contributed by atoms with Crippen LogP contribution in [-0.4, -0.2) is 0 Å². The van der Waals surface area contributed by atoms with Gasteiger partial charge in [-0.3, -0.25) is 0 Å². The van der Waals surface area contributed by atoms with Crippen molar-refractivity contribution < 1.29 is 4.57 Å². The SMILES string of the molecule is CCC(C)c1cc[n+](-c2ccccc2)cc1. The van der Waals surface area contributed by atoms with Crippen molar-refractivity contribution in [3.05, 3.63) is 60.4 Å². The lowest BCUT2D eigenvalue weighted by atomic mass is 10.0. The lowest BCUT2D eigenvalue weighted by Gasteiger charge is -2.06. The van der Waals surface area contributed by atoms with Gasteiger partial charge in [-0.2, -0.15) is 4.57 Å². The van der Waals surface area contributed by atoms with E-state index in [9.17, 15) is 0 Å². The Labute approximate surface area is 97.4 Å². The van der Waals surface area contributed by atoms with E-state index in [0.29, 0.717) is 5.92 Å². The molecule has 0 aliphatic rings. The van der Waals surface area contributed by atoms with E-state index in [1.54, 1.807) is 0 Å². The molecule has 1 nitrogen and oxygen atoms in total. The van der Waals surface area contributed by atoms with Crippen LogP contribution in [0.25, 0.3) is 5.69 Å². The average molecular weight is 212 g/mol. The molecule has 1 heterocycles. The number of pyridine rings is 1. The van der Waals surface area contributed by atoms with E-state index in [0.717, 1.165) is 0 Å². The Morgan fingerprint density at radius 3 is 2.19 bits per heavy atom. The third kappa shape index (κ3) is 2.30. The lowest BCUT2D eigenvalue weighted by molar-refractivity contribution is -0.595. The summed E-state index contributed by atoms with van der Waals surface area (Å²) < 4.78 is 2.14. The van der Waals surface area contributed by atoms with Crippen molar-refractivity contribution in [1.82, 2.24) is 0 Å². The summed E-state index contributed by atoms with van der Waals surface area (Å²) in [5, 5.41) is 0. The minimum absolute atomic E-state index is 0.644. The van der Waals surface area contributed by atoms with E-state index in [2.05, 4.69) is 67.2 Å². The van der Waals surface area contributed by atoms with Crippen molar-refractivity contribution in [2.45, 2.75) is 26.2 Å². The first kappa shape index (κ1) is 10.9. The van der Waals surface area contributed by atoms with Crippen LogP contribution in [-0.2, 0) is 0 Å². The van der Waals surface area contributed by atoms with Crippen LogP contribution in [0.3, 0.4) is 0 Å². The number of hydrogen-bond acceptors (Lipinski definition) is 0. The minimum atomic E-state index is 0.644. The van der Waals surface area contributed by atoms with Crippen LogP contribution >= 0.6 is 0 Å². The summed E-state index contributed by atoms with van der Waals surface area (Å²) in [5.41, 5.74) is 2.62. The molecule has 1 heteroatoms. The number of nitrogens with zero attached hydrogens (tertiary/aromatic N) is 1. The Bertz CT molecular complexity index is 431. The van der Waals surface area contributed by atoms with Gasteiger partial charge in [-0.1, -0.05) is 32.0 Å². The molecule has 0 saturated carbocycles. The molecule has 82 valence electrons. The van der Waals surface area contributed by atoms with Crippen molar-refractivity contribution in [3.63, 3.8) is 0 Å². The van der Waals surface area contributed by atoms with Gasteiger partial charge in [0, 0.05) is 24.3 Å². The first-order valence-corrected chi connectivity index (χ1v) is 5.88. The standard InChI is InChI=1S/C15H18N/c1-3-13(2)14-9-11-16(12-10-14)15-7-5-4-6-8-15/h4-13H,3H2,1-2H3/q+1. The van der Waals surface area contributed by atoms with Gasteiger partial charge < -0.3 is 0 Å². The highest BCUT2D eigenvalue weighted by Crippen LogP contribution is 2.16. The number of rotatable bonds is 3. The van der Waals surface area contributed by atoms with E-state index in [1.807, 2.05) is 6.07 Å². The number of benzene rings is 1. The topological polar surface area (TPSA) is 3.88 Å². The Kier molecular flexibility index (Phi) is 3.35. The molecule has 0 saturated heterocycles. The molecule has 2 aromatic rings. The van der Waals surface area contributed by atoms with E-state index < -0.39 is 0 Å². The highest BCUT2D eigenvalue weighted by molar-refractivity contribution is 5.22. The Balaban J connectivity index is 2.26. The van der Waals surface area contributed by atoms with Crippen molar-refractivity contribution in [3.8, 4) is 5.69 Å². The number of aromatic nitrogens is 1. The van der Waals surface area contributed by atoms with E-state index in [1.165, 1.54) is 17.7 Å². The van der Waals surface area contributed by atoms with Gasteiger partial charge in [0.25, 0.3) is 0 Å². The maximum atomic E-state index is 2.27. The molecule has 1 aromatic carbocycles. The summed E-state index contributed by atoms with van der Waals surface area (Å²) >= 11 is 0. The average Bonchev–Trinajstić information content (AvgIpc) is 2.39. The van der Waals surface area contributed by atoms with Gasteiger partial charge in [0.1, 0.15) is 0 Å². The van der Waals surface area contributed by atoms with Crippen LogP contribution in [0, 0.1) is 0 Å². The second kappa shape index (κ2) is 4.93. The summed E-state index contributed by atoms with van der Waals surface area (Å²) in [6.07, 6.45) is 5.46. The molecule has 0 bridgehead atoms. The van der Waals surface area contributed by atoms with E-state index >= 15 is 0 Å². The largest absolute Gasteiger partial charge is 0.210 e. The molecular formula is C15H18N+. The fraction of sp³-hybridized carbons (Fsp3) is 0.267. The van der Waals surface area contributed by atoms with Crippen molar-refractivity contribution >= 4 is 0 Å². The fourth-order valence-electron chi connectivity index (χ4n) is 1.77. The van der Waals surface area contributed by atoms with Gasteiger partial charge in [-0.15, -0.1) is 0 Å². The molecule has 1 unspecified atom stereocenters. The predicted octanol–water partition coefficient (Wildman–Crippen LogP) is 3.48. The van der Waals surface area contributed by atoms with E-state index in [-0.39, 0.29) is 0 Å². The Hall–Kier alpha value is -1.63. The van der Waals surface area contributed by atoms with Gasteiger partial charge in [-0.05, 0) is 17.9 Å². The third-order valence-corrected chi connectivity index (χ3v) is 3.09. The highest BCUT2D eigenvalue weighted by Gasteiger charge is 2.07. The van der Waals surface area contributed by atoms with Crippen LogP contribution in [0.2, 0.25) is 0 Å². The zero-order chi connectivity index (χ0) is 11.4. The molecule has 2 rings (SSSR count). The maximum absolute atomic E-state index is 2.27. The monoisotopic (exact) mass is 212 g/mol.